The van der Waals surface area contributed by atoms with Crippen LogP contribution in [0.3, 0.4) is 0 Å². The Bertz CT molecular complexity index is 1340. The number of carbonyl (C=O) groups excluding carboxylic acids is 1. The number of aryl methyl sites for hydroxylation is 1. The number of aromatic amines is 2. The molecule has 3 aromatic carbocycles. The minimum atomic E-state index is 0.651. The van der Waals surface area contributed by atoms with Crippen LogP contribution in [-0.4, -0.2) is 21.2 Å². The largest absolute Gasteiger partial charge is 0.360 e. The summed E-state index contributed by atoms with van der Waals surface area (Å²) >= 11 is 0. The fraction of sp³-hybridized carbons (Fsp3) is 0.0400. The fourth-order valence-electron chi connectivity index (χ4n) is 3.84. The Kier molecular flexibility index (Phi) is 4.10. The molecule has 0 aliphatic carbocycles. The second kappa shape index (κ2) is 6.91. The van der Waals surface area contributed by atoms with Crippen molar-refractivity contribution < 1.29 is 4.79 Å². The van der Waals surface area contributed by atoms with Gasteiger partial charge < -0.3 is 9.97 Å². The Balaban J connectivity index is 1.60. The first kappa shape index (κ1) is 17.2. The van der Waals surface area contributed by atoms with Crippen molar-refractivity contribution in [1.29, 1.82) is 0 Å². The van der Waals surface area contributed by atoms with Gasteiger partial charge in [0.1, 0.15) is 12.1 Å². The molecule has 2 aromatic heterocycles. The van der Waals surface area contributed by atoms with E-state index in [0.29, 0.717) is 5.56 Å². The molecule has 0 saturated carbocycles. The first-order chi connectivity index (χ1) is 14.2. The summed E-state index contributed by atoms with van der Waals surface area (Å²) in [5, 5.41) is 1.03. The number of nitrogens with one attached hydrogen (secondary N) is 2. The van der Waals surface area contributed by atoms with Crippen molar-refractivity contribution in [3.8, 4) is 33.8 Å². The van der Waals surface area contributed by atoms with Crippen LogP contribution in [0, 0.1) is 6.92 Å². The molecule has 0 aliphatic rings. The van der Waals surface area contributed by atoms with Gasteiger partial charge in [-0.2, -0.15) is 0 Å². The van der Waals surface area contributed by atoms with Gasteiger partial charge in [0.25, 0.3) is 0 Å². The molecular formula is C25H19N3O. The summed E-state index contributed by atoms with van der Waals surface area (Å²) in [7, 11) is 0. The van der Waals surface area contributed by atoms with E-state index < -0.39 is 0 Å². The molecule has 0 atom stereocenters. The number of benzene rings is 3. The van der Waals surface area contributed by atoms with Crippen molar-refractivity contribution in [3.63, 3.8) is 0 Å². The van der Waals surface area contributed by atoms with Gasteiger partial charge in [-0.3, -0.25) is 4.79 Å². The van der Waals surface area contributed by atoms with Gasteiger partial charge in [0.15, 0.2) is 0 Å². The predicted octanol–water partition coefficient (Wildman–Crippen LogP) is 6.01. The van der Waals surface area contributed by atoms with Gasteiger partial charge in [-0.15, -0.1) is 0 Å². The molecule has 5 rings (SSSR count). The lowest BCUT2D eigenvalue weighted by molar-refractivity contribution is 0.112. The number of aromatic nitrogens is 3. The van der Waals surface area contributed by atoms with Gasteiger partial charge >= 0.3 is 0 Å². The van der Waals surface area contributed by atoms with E-state index in [9.17, 15) is 4.79 Å². The van der Waals surface area contributed by atoms with Crippen molar-refractivity contribution in [1.82, 2.24) is 15.0 Å². The van der Waals surface area contributed by atoms with Crippen LogP contribution in [-0.2, 0) is 0 Å². The molecule has 2 N–H and O–H groups in total. The van der Waals surface area contributed by atoms with Gasteiger partial charge in [0.05, 0.1) is 11.9 Å². The van der Waals surface area contributed by atoms with E-state index in [-0.39, 0.29) is 0 Å². The molecule has 0 saturated heterocycles. The normalized spacial score (nSPS) is 11.1. The maximum absolute atomic E-state index is 11.0. The van der Waals surface area contributed by atoms with Crippen molar-refractivity contribution in [3.05, 3.63) is 90.3 Å². The Morgan fingerprint density at radius 2 is 1.62 bits per heavy atom. The van der Waals surface area contributed by atoms with E-state index in [0.717, 1.165) is 39.8 Å². The van der Waals surface area contributed by atoms with Crippen LogP contribution in [0.15, 0.2) is 79.1 Å². The standard InChI is InChI=1S/C25H19N3O/c1-16-6-2-3-7-18(16)19-8-4-5-9-20(19)24-14-27-25(28-24)22-13-26-23-12-17(15-29)10-11-21(22)23/h2-15,26H,1H3,(H,27,28). The highest BCUT2D eigenvalue weighted by Gasteiger charge is 2.14. The average Bonchev–Trinajstić information content (AvgIpc) is 3.40. The number of rotatable bonds is 4. The van der Waals surface area contributed by atoms with E-state index in [1.54, 1.807) is 0 Å². The van der Waals surface area contributed by atoms with Crippen molar-refractivity contribution in [2.45, 2.75) is 6.92 Å². The molecule has 0 spiro atoms. The van der Waals surface area contributed by atoms with Gasteiger partial charge in [-0.05, 0) is 29.7 Å². The highest BCUT2D eigenvalue weighted by molar-refractivity contribution is 5.97. The lowest BCUT2D eigenvalue weighted by atomic mass is 9.95. The van der Waals surface area contributed by atoms with Gasteiger partial charge in [0.2, 0.25) is 0 Å². The summed E-state index contributed by atoms with van der Waals surface area (Å²) in [6.07, 6.45) is 4.66. The van der Waals surface area contributed by atoms with Crippen LogP contribution in [0.25, 0.3) is 44.7 Å². The summed E-state index contributed by atoms with van der Waals surface area (Å²) in [6, 6.07) is 22.4. The van der Waals surface area contributed by atoms with Crippen molar-refractivity contribution in [2.75, 3.05) is 0 Å². The number of fused-ring (bicyclic) bond motifs is 1. The van der Waals surface area contributed by atoms with Crippen molar-refractivity contribution >= 4 is 17.2 Å². The minimum Gasteiger partial charge on any atom is -0.360 e. The number of H-pyrrole nitrogens is 2. The van der Waals surface area contributed by atoms with Crippen LogP contribution < -0.4 is 0 Å². The molecule has 0 fully saturated rings. The van der Waals surface area contributed by atoms with E-state index >= 15 is 0 Å². The topological polar surface area (TPSA) is 61.5 Å². The monoisotopic (exact) mass is 377 g/mol. The first-order valence-corrected chi connectivity index (χ1v) is 9.51. The predicted molar refractivity (Wildman–Crippen MR) is 117 cm³/mol. The molecule has 0 radical (unpaired) electrons. The van der Waals surface area contributed by atoms with Crippen LogP contribution >= 0.6 is 0 Å². The Hall–Kier alpha value is -3.92. The third-order valence-corrected chi connectivity index (χ3v) is 5.33. The number of hydrogen-bond donors (Lipinski definition) is 2. The zero-order valence-electron chi connectivity index (χ0n) is 15.9. The summed E-state index contributed by atoms with van der Waals surface area (Å²) < 4.78 is 0. The summed E-state index contributed by atoms with van der Waals surface area (Å²) in [6.45, 7) is 2.13. The molecule has 140 valence electrons. The molecular weight excluding hydrogens is 358 g/mol. The number of imidazole rings is 1. The highest BCUT2D eigenvalue weighted by Crippen LogP contribution is 2.34. The zero-order chi connectivity index (χ0) is 19.8. The maximum atomic E-state index is 11.0. The molecule has 29 heavy (non-hydrogen) atoms. The fourth-order valence-corrected chi connectivity index (χ4v) is 3.84. The van der Waals surface area contributed by atoms with E-state index in [4.69, 9.17) is 0 Å². The van der Waals surface area contributed by atoms with Gasteiger partial charge in [-0.1, -0.05) is 60.7 Å². The second-order valence-corrected chi connectivity index (χ2v) is 7.13. The lowest BCUT2D eigenvalue weighted by Crippen LogP contribution is -1.88. The molecule has 0 unspecified atom stereocenters. The van der Waals surface area contributed by atoms with Crippen LogP contribution in [0.4, 0.5) is 0 Å². The molecule has 4 heteroatoms. The minimum absolute atomic E-state index is 0.651. The Labute approximate surface area is 168 Å². The van der Waals surface area contributed by atoms with Gasteiger partial charge in [0, 0.05) is 33.8 Å². The molecule has 5 aromatic rings. The average molecular weight is 377 g/mol. The first-order valence-electron chi connectivity index (χ1n) is 9.51. The molecule has 2 heterocycles. The third kappa shape index (κ3) is 2.95. The SMILES string of the molecule is Cc1ccccc1-c1ccccc1-c1cnc(-c2c[nH]c3cc(C=O)ccc23)[nH]1. The maximum Gasteiger partial charge on any atom is 0.150 e. The van der Waals surface area contributed by atoms with Gasteiger partial charge in [-0.25, -0.2) is 4.98 Å². The Morgan fingerprint density at radius 1 is 0.862 bits per heavy atom. The Morgan fingerprint density at radius 3 is 2.41 bits per heavy atom. The van der Waals surface area contributed by atoms with Crippen LogP contribution in [0.5, 0.6) is 0 Å². The molecule has 0 bridgehead atoms. The van der Waals surface area contributed by atoms with Crippen molar-refractivity contribution in [2.24, 2.45) is 0 Å². The summed E-state index contributed by atoms with van der Waals surface area (Å²) in [5.74, 6) is 0.796. The summed E-state index contributed by atoms with van der Waals surface area (Å²) in [5.41, 5.74) is 8.27. The highest BCUT2D eigenvalue weighted by atomic mass is 16.1. The third-order valence-electron chi connectivity index (χ3n) is 5.33. The van der Waals surface area contributed by atoms with E-state index in [2.05, 4.69) is 64.3 Å². The lowest BCUT2D eigenvalue weighted by Gasteiger charge is -2.10. The molecule has 0 amide bonds. The number of nitrogens with zero attached hydrogens (tertiary/aromatic N) is 1. The number of aldehydes is 1. The smallest absolute Gasteiger partial charge is 0.150 e. The zero-order valence-corrected chi connectivity index (χ0v) is 15.9. The number of hydrogen-bond acceptors (Lipinski definition) is 2. The summed E-state index contributed by atoms with van der Waals surface area (Å²) in [4.78, 5) is 22.4. The molecule has 0 aliphatic heterocycles. The van der Waals surface area contributed by atoms with Crippen LogP contribution in [0.1, 0.15) is 15.9 Å². The van der Waals surface area contributed by atoms with Crippen LogP contribution in [0.2, 0.25) is 0 Å². The molecule has 4 nitrogen and oxygen atoms in total. The van der Waals surface area contributed by atoms with E-state index in [1.165, 1.54) is 16.7 Å². The quantitative estimate of drug-likeness (QED) is 0.377. The van der Waals surface area contributed by atoms with E-state index in [1.807, 2.05) is 36.7 Å². The number of carbonyl (C=O) groups is 1. The second-order valence-electron chi connectivity index (χ2n) is 7.13.